The highest BCUT2D eigenvalue weighted by molar-refractivity contribution is 5.85. The fraction of sp³-hybridized carbons (Fsp3) is 0.600. The summed E-state index contributed by atoms with van der Waals surface area (Å²) in [5.74, 6) is 0. The van der Waals surface area contributed by atoms with Crippen LogP contribution in [0.2, 0.25) is 0 Å². The molecule has 0 bridgehead atoms. The zero-order valence-corrected chi connectivity index (χ0v) is 14.2. The quantitative estimate of drug-likeness (QED) is 0.855. The Morgan fingerprint density at radius 3 is 2.67 bits per heavy atom. The molecule has 0 spiro atoms. The van der Waals surface area contributed by atoms with E-state index in [1.165, 1.54) is 11.3 Å². The van der Waals surface area contributed by atoms with Crippen molar-refractivity contribution in [1.82, 2.24) is 24.9 Å². The number of hydrogen-bond acceptors (Lipinski definition) is 3. The number of nitrogens with zero attached hydrogens (tertiary/aromatic N) is 4. The largest absolute Gasteiger partial charge is 0.307 e. The van der Waals surface area contributed by atoms with E-state index < -0.39 is 0 Å². The topological polar surface area (TPSA) is 47.7 Å². The minimum atomic E-state index is 0. The lowest BCUT2D eigenvalue weighted by Gasteiger charge is -2.07. The lowest BCUT2D eigenvalue weighted by molar-refractivity contribution is 0.528. The number of nitrogens with one attached hydrogen (secondary N) is 1. The van der Waals surface area contributed by atoms with Gasteiger partial charge in [-0.3, -0.25) is 9.36 Å². The Hall–Kier alpha value is -1.33. The van der Waals surface area contributed by atoms with Crippen LogP contribution in [0.3, 0.4) is 0 Å². The minimum Gasteiger partial charge on any atom is -0.307 e. The zero-order valence-electron chi connectivity index (χ0n) is 13.3. The van der Waals surface area contributed by atoms with Gasteiger partial charge in [0.1, 0.15) is 0 Å². The van der Waals surface area contributed by atoms with Crippen LogP contribution in [-0.2, 0) is 19.6 Å². The molecule has 118 valence electrons. The van der Waals surface area contributed by atoms with Crippen molar-refractivity contribution in [3.63, 3.8) is 0 Å². The Balaban J connectivity index is 0.00000220. The molecule has 0 saturated carbocycles. The average Bonchev–Trinajstić information content (AvgIpc) is 2.98. The Bertz CT molecular complexity index is 544. The molecule has 0 aromatic carbocycles. The summed E-state index contributed by atoms with van der Waals surface area (Å²) in [5, 5.41) is 12.4. The number of rotatable bonds is 7. The van der Waals surface area contributed by atoms with E-state index in [1.54, 1.807) is 0 Å². The summed E-state index contributed by atoms with van der Waals surface area (Å²) in [6.07, 6.45) is 5.11. The van der Waals surface area contributed by atoms with Crippen LogP contribution in [0, 0.1) is 6.92 Å². The van der Waals surface area contributed by atoms with Crippen LogP contribution in [0.15, 0.2) is 18.5 Å². The molecule has 0 aliphatic rings. The number of aromatic nitrogens is 4. The second-order valence-corrected chi connectivity index (χ2v) is 5.46. The number of hydrogen-bond donors (Lipinski definition) is 1. The van der Waals surface area contributed by atoms with E-state index in [4.69, 9.17) is 0 Å². The highest BCUT2D eigenvalue weighted by Crippen LogP contribution is 2.10. The van der Waals surface area contributed by atoms with Gasteiger partial charge < -0.3 is 5.32 Å². The first-order valence-corrected chi connectivity index (χ1v) is 7.37. The van der Waals surface area contributed by atoms with E-state index in [1.807, 2.05) is 10.9 Å². The Kier molecular flexibility index (Phi) is 6.92. The standard InChI is InChI=1S/C15H25N5.ClH/c1-5-8-19-15(6-7-17-19)10-16-9-14-11-20(12(2)3)18-13(14)4;/h6-7,11-12,16H,5,8-10H2,1-4H3;1H. The molecule has 2 aromatic heterocycles. The third kappa shape index (κ3) is 4.58. The maximum atomic E-state index is 4.53. The summed E-state index contributed by atoms with van der Waals surface area (Å²) < 4.78 is 4.09. The highest BCUT2D eigenvalue weighted by atomic mass is 35.5. The number of halogens is 1. The molecule has 5 nitrogen and oxygen atoms in total. The molecule has 6 heteroatoms. The first-order chi connectivity index (χ1) is 9.61. The fourth-order valence-corrected chi connectivity index (χ4v) is 2.21. The molecule has 0 aliphatic heterocycles. The van der Waals surface area contributed by atoms with Gasteiger partial charge in [0.15, 0.2) is 0 Å². The monoisotopic (exact) mass is 311 g/mol. The van der Waals surface area contributed by atoms with Crippen LogP contribution in [0.4, 0.5) is 0 Å². The molecule has 0 unspecified atom stereocenters. The van der Waals surface area contributed by atoms with Gasteiger partial charge in [-0.15, -0.1) is 12.4 Å². The fourth-order valence-electron chi connectivity index (χ4n) is 2.21. The van der Waals surface area contributed by atoms with Crippen LogP contribution in [0.5, 0.6) is 0 Å². The summed E-state index contributed by atoms with van der Waals surface area (Å²) in [7, 11) is 0. The van der Waals surface area contributed by atoms with Crippen LogP contribution < -0.4 is 5.32 Å². The smallest absolute Gasteiger partial charge is 0.0638 e. The second kappa shape index (κ2) is 8.20. The van der Waals surface area contributed by atoms with Crippen molar-refractivity contribution in [2.24, 2.45) is 0 Å². The van der Waals surface area contributed by atoms with Crippen LogP contribution in [0.1, 0.15) is 50.2 Å². The molecule has 0 radical (unpaired) electrons. The summed E-state index contributed by atoms with van der Waals surface area (Å²) in [6.45, 7) is 11.2. The van der Waals surface area contributed by atoms with Crippen LogP contribution in [0.25, 0.3) is 0 Å². The summed E-state index contributed by atoms with van der Waals surface area (Å²) >= 11 is 0. The van der Waals surface area contributed by atoms with Crippen molar-refractivity contribution in [2.45, 2.75) is 59.8 Å². The molecule has 21 heavy (non-hydrogen) atoms. The summed E-state index contributed by atoms with van der Waals surface area (Å²) in [5.41, 5.74) is 3.61. The van der Waals surface area contributed by atoms with E-state index in [0.29, 0.717) is 6.04 Å². The van der Waals surface area contributed by atoms with Gasteiger partial charge in [-0.2, -0.15) is 10.2 Å². The first kappa shape index (κ1) is 17.7. The molecule has 2 heterocycles. The third-order valence-corrected chi connectivity index (χ3v) is 3.41. The number of aryl methyl sites for hydroxylation is 2. The molecular weight excluding hydrogens is 286 g/mol. The minimum absolute atomic E-state index is 0. The molecule has 0 amide bonds. The van der Waals surface area contributed by atoms with E-state index >= 15 is 0 Å². The lowest BCUT2D eigenvalue weighted by atomic mass is 10.2. The molecule has 0 atom stereocenters. The van der Waals surface area contributed by atoms with E-state index in [2.05, 4.69) is 60.2 Å². The van der Waals surface area contributed by atoms with Crippen molar-refractivity contribution in [3.05, 3.63) is 35.4 Å². The predicted molar refractivity (Wildman–Crippen MR) is 87.7 cm³/mol. The van der Waals surface area contributed by atoms with Gasteiger partial charge in [0.25, 0.3) is 0 Å². The first-order valence-electron chi connectivity index (χ1n) is 7.37. The molecule has 1 N–H and O–H groups in total. The van der Waals surface area contributed by atoms with Crippen LogP contribution in [-0.4, -0.2) is 19.6 Å². The van der Waals surface area contributed by atoms with Crippen molar-refractivity contribution < 1.29 is 0 Å². The van der Waals surface area contributed by atoms with Gasteiger partial charge in [0.05, 0.1) is 11.4 Å². The maximum absolute atomic E-state index is 4.53. The van der Waals surface area contributed by atoms with Gasteiger partial charge in [-0.1, -0.05) is 6.92 Å². The Morgan fingerprint density at radius 1 is 1.29 bits per heavy atom. The van der Waals surface area contributed by atoms with Gasteiger partial charge in [-0.05, 0) is 33.3 Å². The third-order valence-electron chi connectivity index (χ3n) is 3.41. The molecule has 2 aromatic rings. The van der Waals surface area contributed by atoms with Crippen molar-refractivity contribution in [1.29, 1.82) is 0 Å². The Labute approximate surface area is 133 Å². The molecule has 0 aliphatic carbocycles. The molecule has 2 rings (SSSR count). The average molecular weight is 312 g/mol. The van der Waals surface area contributed by atoms with Crippen molar-refractivity contribution >= 4 is 12.4 Å². The van der Waals surface area contributed by atoms with Crippen molar-refractivity contribution in [3.8, 4) is 0 Å². The predicted octanol–water partition coefficient (Wildman–Crippen LogP) is 3.09. The second-order valence-electron chi connectivity index (χ2n) is 5.46. The lowest BCUT2D eigenvalue weighted by Crippen LogP contribution is -2.16. The summed E-state index contributed by atoms with van der Waals surface area (Å²) in [4.78, 5) is 0. The normalized spacial score (nSPS) is 10.9. The maximum Gasteiger partial charge on any atom is 0.0638 e. The Morgan fingerprint density at radius 2 is 2.05 bits per heavy atom. The van der Waals surface area contributed by atoms with Gasteiger partial charge in [0, 0.05) is 43.6 Å². The van der Waals surface area contributed by atoms with E-state index in [9.17, 15) is 0 Å². The van der Waals surface area contributed by atoms with E-state index in [0.717, 1.165) is 31.7 Å². The molecule has 0 fully saturated rings. The molecule has 0 saturated heterocycles. The zero-order chi connectivity index (χ0) is 14.5. The van der Waals surface area contributed by atoms with Gasteiger partial charge in [-0.25, -0.2) is 0 Å². The van der Waals surface area contributed by atoms with Crippen molar-refractivity contribution in [2.75, 3.05) is 0 Å². The molecular formula is C15H26ClN5. The van der Waals surface area contributed by atoms with Gasteiger partial charge in [0.2, 0.25) is 0 Å². The van der Waals surface area contributed by atoms with Gasteiger partial charge >= 0.3 is 0 Å². The highest BCUT2D eigenvalue weighted by Gasteiger charge is 2.07. The van der Waals surface area contributed by atoms with Crippen LogP contribution >= 0.6 is 12.4 Å². The SMILES string of the molecule is CCCn1nccc1CNCc1cn(C(C)C)nc1C.Cl. The van der Waals surface area contributed by atoms with E-state index in [-0.39, 0.29) is 12.4 Å². The summed E-state index contributed by atoms with van der Waals surface area (Å²) in [6, 6.07) is 2.49.